The number of sulfonamides is 1. The molecule has 4 rings (SSSR count). The van der Waals surface area contributed by atoms with Gasteiger partial charge in [0.25, 0.3) is 5.91 Å². The molecule has 0 aliphatic heterocycles. The van der Waals surface area contributed by atoms with Crippen LogP contribution in [0.2, 0.25) is 0 Å². The largest absolute Gasteiger partial charge is 0.497 e. The molecule has 188 valence electrons. The molecule has 0 bridgehead atoms. The van der Waals surface area contributed by atoms with Crippen LogP contribution in [-0.4, -0.2) is 36.9 Å². The van der Waals surface area contributed by atoms with E-state index < -0.39 is 10.0 Å². The maximum Gasteiger partial charge on any atom is 0.271 e. The second-order valence-corrected chi connectivity index (χ2v) is 10.1. The van der Waals surface area contributed by atoms with Crippen LogP contribution < -0.4 is 10.2 Å². The van der Waals surface area contributed by atoms with Gasteiger partial charge in [-0.15, -0.1) is 0 Å². The van der Waals surface area contributed by atoms with E-state index in [1.54, 1.807) is 61.1 Å². The molecule has 1 N–H and O–H groups in total. The van der Waals surface area contributed by atoms with E-state index in [0.29, 0.717) is 11.3 Å². The number of hydrogen-bond acceptors (Lipinski definition) is 6. The Labute approximate surface area is 216 Å². The second kappa shape index (κ2) is 12.1. The lowest BCUT2D eigenvalue weighted by Crippen LogP contribution is -2.30. The number of hydrogen-bond donors (Lipinski definition) is 1. The van der Waals surface area contributed by atoms with Gasteiger partial charge in [-0.25, -0.2) is 13.8 Å². The molecule has 0 unspecified atom stereocenters. The van der Waals surface area contributed by atoms with Crippen molar-refractivity contribution in [3.05, 3.63) is 126 Å². The van der Waals surface area contributed by atoms with E-state index in [1.165, 1.54) is 23.5 Å². The van der Waals surface area contributed by atoms with Crippen molar-refractivity contribution in [2.24, 2.45) is 5.10 Å². The van der Waals surface area contributed by atoms with Crippen molar-refractivity contribution in [2.75, 3.05) is 7.11 Å². The molecule has 9 heteroatoms. The Kier molecular flexibility index (Phi) is 8.40. The summed E-state index contributed by atoms with van der Waals surface area (Å²) in [5, 5.41) is 3.99. The molecule has 0 fully saturated rings. The monoisotopic (exact) mass is 514 g/mol. The van der Waals surface area contributed by atoms with E-state index in [0.717, 1.165) is 16.7 Å². The molecule has 0 radical (unpaired) electrons. The predicted molar refractivity (Wildman–Crippen MR) is 142 cm³/mol. The van der Waals surface area contributed by atoms with Crippen LogP contribution in [-0.2, 0) is 23.1 Å². The van der Waals surface area contributed by atoms with E-state index in [4.69, 9.17) is 4.74 Å². The van der Waals surface area contributed by atoms with Gasteiger partial charge in [0.1, 0.15) is 5.75 Å². The summed E-state index contributed by atoms with van der Waals surface area (Å²) in [6.45, 7) is 0.246. The summed E-state index contributed by atoms with van der Waals surface area (Å²) in [6, 6.07) is 26.0. The number of aromatic nitrogens is 1. The molecule has 0 atom stereocenters. The minimum atomic E-state index is -3.84. The summed E-state index contributed by atoms with van der Waals surface area (Å²) >= 11 is 0. The normalized spacial score (nSPS) is 11.5. The average Bonchev–Trinajstić information content (AvgIpc) is 2.94. The second-order valence-electron chi connectivity index (χ2n) is 8.12. The van der Waals surface area contributed by atoms with Crippen LogP contribution in [0, 0.1) is 0 Å². The van der Waals surface area contributed by atoms with E-state index in [2.05, 4.69) is 15.5 Å². The van der Waals surface area contributed by atoms with Gasteiger partial charge in [-0.2, -0.15) is 9.41 Å². The van der Waals surface area contributed by atoms with Crippen LogP contribution in [0.1, 0.15) is 27.0 Å². The molecule has 0 saturated carbocycles. The lowest BCUT2D eigenvalue weighted by molar-refractivity contribution is 0.0955. The first-order valence-corrected chi connectivity index (χ1v) is 12.9. The van der Waals surface area contributed by atoms with Crippen molar-refractivity contribution >= 4 is 22.1 Å². The molecule has 0 aliphatic carbocycles. The van der Waals surface area contributed by atoms with Crippen LogP contribution in [0.15, 0.2) is 113 Å². The fraction of sp³-hybridized carbons (Fsp3) is 0.107. The zero-order chi connectivity index (χ0) is 26.1. The molecule has 1 heterocycles. The molecule has 1 amide bonds. The first-order valence-electron chi connectivity index (χ1n) is 11.5. The third-order valence-electron chi connectivity index (χ3n) is 5.53. The Morgan fingerprint density at radius 3 is 2.27 bits per heavy atom. The smallest absolute Gasteiger partial charge is 0.271 e. The summed E-state index contributed by atoms with van der Waals surface area (Å²) in [5.74, 6) is 0.205. The highest BCUT2D eigenvalue weighted by atomic mass is 32.2. The number of benzene rings is 3. The molecule has 1 aromatic heterocycles. The number of nitrogens with zero attached hydrogens (tertiary/aromatic N) is 3. The Balaban J connectivity index is 1.50. The van der Waals surface area contributed by atoms with Gasteiger partial charge in [0.05, 0.1) is 18.2 Å². The molecule has 4 aromatic rings. The van der Waals surface area contributed by atoms with Gasteiger partial charge in [0.2, 0.25) is 10.0 Å². The van der Waals surface area contributed by atoms with E-state index in [9.17, 15) is 13.2 Å². The van der Waals surface area contributed by atoms with Crippen LogP contribution in [0.25, 0.3) is 0 Å². The van der Waals surface area contributed by atoms with Gasteiger partial charge in [-0.1, -0.05) is 48.5 Å². The maximum absolute atomic E-state index is 13.5. The van der Waals surface area contributed by atoms with E-state index >= 15 is 0 Å². The van der Waals surface area contributed by atoms with Gasteiger partial charge < -0.3 is 4.74 Å². The Morgan fingerprint density at radius 2 is 1.62 bits per heavy atom. The van der Waals surface area contributed by atoms with Crippen molar-refractivity contribution in [3.63, 3.8) is 0 Å². The highest BCUT2D eigenvalue weighted by Crippen LogP contribution is 2.23. The average molecular weight is 515 g/mol. The van der Waals surface area contributed by atoms with Crippen molar-refractivity contribution in [2.45, 2.75) is 18.0 Å². The van der Waals surface area contributed by atoms with E-state index in [-0.39, 0.29) is 23.9 Å². The summed E-state index contributed by atoms with van der Waals surface area (Å²) in [5.41, 5.74) is 5.26. The minimum absolute atomic E-state index is 0.108. The van der Waals surface area contributed by atoms with Crippen LogP contribution in [0.4, 0.5) is 0 Å². The topological polar surface area (TPSA) is 101 Å². The summed E-state index contributed by atoms with van der Waals surface area (Å²) in [4.78, 5) is 16.7. The number of carbonyl (C=O) groups is 1. The van der Waals surface area contributed by atoms with Gasteiger partial charge in [-0.3, -0.25) is 9.78 Å². The van der Waals surface area contributed by atoms with Crippen LogP contribution in [0.3, 0.4) is 0 Å². The van der Waals surface area contributed by atoms with Gasteiger partial charge in [-0.05, 0) is 59.2 Å². The number of pyridine rings is 1. The number of methoxy groups -OCH3 is 1. The molecule has 37 heavy (non-hydrogen) atoms. The highest BCUT2D eigenvalue weighted by molar-refractivity contribution is 7.89. The number of ether oxygens (including phenoxy) is 1. The quantitative estimate of drug-likeness (QED) is 0.252. The number of carbonyl (C=O) groups excluding carboxylic acids is 1. The molecule has 0 spiro atoms. The Morgan fingerprint density at radius 1 is 0.919 bits per heavy atom. The van der Waals surface area contributed by atoms with Crippen molar-refractivity contribution < 1.29 is 17.9 Å². The lowest BCUT2D eigenvalue weighted by Gasteiger charge is -2.22. The first-order chi connectivity index (χ1) is 18.0. The van der Waals surface area contributed by atoms with E-state index in [1.807, 2.05) is 36.4 Å². The van der Waals surface area contributed by atoms with Crippen molar-refractivity contribution in [3.8, 4) is 5.75 Å². The standard InChI is InChI=1S/C28H26N4O4S/c1-36-26-13-15-27(16-14-26)37(34,35)32(21-24-8-5-17-29-18-24)20-23-9-11-25(12-10-23)28(33)31-30-19-22-6-3-2-4-7-22/h2-19H,20-21H2,1H3,(H,31,33)/b30-19+. The molecule has 3 aromatic carbocycles. The maximum atomic E-state index is 13.5. The zero-order valence-electron chi connectivity index (χ0n) is 20.2. The van der Waals surface area contributed by atoms with Gasteiger partial charge in [0.15, 0.2) is 0 Å². The summed E-state index contributed by atoms with van der Waals surface area (Å²) in [6.07, 6.45) is 4.84. The molecule has 0 saturated heterocycles. The lowest BCUT2D eigenvalue weighted by atomic mass is 10.1. The number of hydrazone groups is 1. The number of nitrogens with one attached hydrogen (secondary N) is 1. The highest BCUT2D eigenvalue weighted by Gasteiger charge is 2.25. The minimum Gasteiger partial charge on any atom is -0.497 e. The van der Waals surface area contributed by atoms with Crippen molar-refractivity contribution in [1.82, 2.24) is 14.7 Å². The third kappa shape index (κ3) is 6.87. The molecular weight excluding hydrogens is 488 g/mol. The van der Waals surface area contributed by atoms with Crippen LogP contribution >= 0.6 is 0 Å². The number of amides is 1. The number of rotatable bonds is 10. The third-order valence-corrected chi connectivity index (χ3v) is 7.34. The van der Waals surface area contributed by atoms with Gasteiger partial charge in [0, 0.05) is 31.0 Å². The predicted octanol–water partition coefficient (Wildman–Crippen LogP) is 4.25. The van der Waals surface area contributed by atoms with Gasteiger partial charge >= 0.3 is 0 Å². The summed E-state index contributed by atoms with van der Waals surface area (Å²) < 4.78 is 33.6. The molecular formula is C28H26N4O4S. The molecule has 8 nitrogen and oxygen atoms in total. The summed E-state index contributed by atoms with van der Waals surface area (Å²) in [7, 11) is -2.31. The SMILES string of the molecule is COc1ccc(S(=O)(=O)N(Cc2ccc(C(=O)N/N=C/c3ccccc3)cc2)Cc2cccnc2)cc1. The van der Waals surface area contributed by atoms with Crippen molar-refractivity contribution in [1.29, 1.82) is 0 Å². The first kappa shape index (κ1) is 25.7. The zero-order valence-corrected chi connectivity index (χ0v) is 21.0. The fourth-order valence-electron chi connectivity index (χ4n) is 3.55. The van der Waals surface area contributed by atoms with Crippen LogP contribution in [0.5, 0.6) is 5.75 Å². The Bertz CT molecular complexity index is 1440. The molecule has 0 aliphatic rings. The fourth-order valence-corrected chi connectivity index (χ4v) is 4.97. The Hall–Kier alpha value is -4.34.